The summed E-state index contributed by atoms with van der Waals surface area (Å²) in [6.45, 7) is 0.605. The summed E-state index contributed by atoms with van der Waals surface area (Å²) in [5.41, 5.74) is 6.78. The Labute approximate surface area is 122 Å². The lowest BCUT2D eigenvalue weighted by atomic mass is 9.98. The molecule has 0 bridgehead atoms. The molecule has 1 heterocycles. The summed E-state index contributed by atoms with van der Waals surface area (Å²) in [6, 6.07) is 5.71. The number of benzene rings is 1. The Morgan fingerprint density at radius 2 is 2.11 bits per heavy atom. The van der Waals surface area contributed by atoms with Crippen LogP contribution in [0.15, 0.2) is 22.7 Å². The van der Waals surface area contributed by atoms with Gasteiger partial charge in [-0.15, -0.1) is 0 Å². The first-order valence-electron chi connectivity index (χ1n) is 7.03. The molecule has 2 aliphatic rings. The van der Waals surface area contributed by atoms with Crippen LogP contribution in [-0.2, 0) is 4.74 Å². The van der Waals surface area contributed by atoms with Gasteiger partial charge in [0.1, 0.15) is 12.4 Å². The second kappa shape index (κ2) is 5.33. The highest BCUT2D eigenvalue weighted by molar-refractivity contribution is 9.10. The summed E-state index contributed by atoms with van der Waals surface area (Å²) < 4.78 is 13.0. The van der Waals surface area contributed by atoms with E-state index in [9.17, 15) is 0 Å². The van der Waals surface area contributed by atoms with Gasteiger partial charge in [-0.3, -0.25) is 0 Å². The van der Waals surface area contributed by atoms with Crippen LogP contribution in [0.5, 0.6) is 5.75 Å². The van der Waals surface area contributed by atoms with E-state index in [-0.39, 0.29) is 11.7 Å². The van der Waals surface area contributed by atoms with Crippen molar-refractivity contribution in [3.63, 3.8) is 0 Å². The third kappa shape index (κ3) is 2.90. The quantitative estimate of drug-likeness (QED) is 0.857. The smallest absolute Gasteiger partial charge is 0.142 e. The molecule has 2 fully saturated rings. The maximum absolute atomic E-state index is 6.22. The Bertz CT molecular complexity index is 457. The maximum Gasteiger partial charge on any atom is 0.142 e. The van der Waals surface area contributed by atoms with E-state index in [1.54, 1.807) is 0 Å². The minimum absolute atomic E-state index is 0.180. The highest BCUT2D eigenvalue weighted by atomic mass is 79.9. The maximum atomic E-state index is 6.22. The van der Waals surface area contributed by atoms with Gasteiger partial charge in [0.05, 0.1) is 17.4 Å². The van der Waals surface area contributed by atoms with Crippen molar-refractivity contribution in [1.82, 2.24) is 0 Å². The third-order valence-electron chi connectivity index (χ3n) is 4.25. The summed E-state index contributed by atoms with van der Waals surface area (Å²) in [6.07, 6.45) is 7.60. The SMILES string of the molecule is Nc1cc(Br)ccc1OCC1CCC2(CCCC2)O1. The Morgan fingerprint density at radius 1 is 1.32 bits per heavy atom. The molecule has 104 valence electrons. The fourth-order valence-corrected chi connectivity index (χ4v) is 3.61. The first-order valence-corrected chi connectivity index (χ1v) is 7.82. The van der Waals surface area contributed by atoms with Crippen LogP contribution in [-0.4, -0.2) is 18.3 Å². The van der Waals surface area contributed by atoms with Crippen molar-refractivity contribution in [3.05, 3.63) is 22.7 Å². The van der Waals surface area contributed by atoms with Gasteiger partial charge in [-0.2, -0.15) is 0 Å². The van der Waals surface area contributed by atoms with E-state index < -0.39 is 0 Å². The molecule has 1 atom stereocenters. The highest BCUT2D eigenvalue weighted by Crippen LogP contribution is 2.43. The van der Waals surface area contributed by atoms with Crippen LogP contribution >= 0.6 is 15.9 Å². The number of hydrogen-bond donors (Lipinski definition) is 1. The molecule has 4 heteroatoms. The van der Waals surface area contributed by atoms with Crippen molar-refractivity contribution in [3.8, 4) is 5.75 Å². The Hall–Kier alpha value is -0.740. The molecular weight excluding hydrogens is 306 g/mol. The van der Waals surface area contributed by atoms with Gasteiger partial charge in [0, 0.05) is 4.47 Å². The molecule has 1 saturated heterocycles. The van der Waals surface area contributed by atoms with Crippen LogP contribution in [0.1, 0.15) is 38.5 Å². The average Bonchev–Trinajstić information content (AvgIpc) is 2.99. The van der Waals surface area contributed by atoms with Crippen LogP contribution in [0.3, 0.4) is 0 Å². The Kier molecular flexibility index (Phi) is 3.72. The molecule has 1 aromatic carbocycles. The number of ether oxygens (including phenoxy) is 2. The molecule has 0 radical (unpaired) electrons. The first kappa shape index (κ1) is 13.3. The van der Waals surface area contributed by atoms with E-state index in [1.165, 1.54) is 32.1 Å². The monoisotopic (exact) mass is 325 g/mol. The number of nitrogens with two attached hydrogens (primary N) is 1. The summed E-state index contributed by atoms with van der Waals surface area (Å²) in [4.78, 5) is 0. The lowest BCUT2D eigenvalue weighted by molar-refractivity contribution is -0.0508. The molecule has 1 aliphatic heterocycles. The van der Waals surface area contributed by atoms with Crippen LogP contribution in [0.4, 0.5) is 5.69 Å². The molecule has 19 heavy (non-hydrogen) atoms. The van der Waals surface area contributed by atoms with Gasteiger partial charge in [0.15, 0.2) is 0 Å². The van der Waals surface area contributed by atoms with Gasteiger partial charge in [-0.1, -0.05) is 28.8 Å². The van der Waals surface area contributed by atoms with E-state index in [2.05, 4.69) is 15.9 Å². The van der Waals surface area contributed by atoms with Crippen LogP contribution in [0.2, 0.25) is 0 Å². The second-order valence-electron chi connectivity index (χ2n) is 5.66. The first-order chi connectivity index (χ1) is 9.17. The number of halogens is 1. The van der Waals surface area contributed by atoms with Crippen LogP contribution < -0.4 is 10.5 Å². The Balaban J connectivity index is 1.55. The number of nitrogen functional groups attached to an aromatic ring is 1. The van der Waals surface area contributed by atoms with Crippen molar-refractivity contribution in [2.75, 3.05) is 12.3 Å². The number of rotatable bonds is 3. The Morgan fingerprint density at radius 3 is 2.84 bits per heavy atom. The second-order valence-corrected chi connectivity index (χ2v) is 6.58. The molecule has 1 aliphatic carbocycles. The minimum atomic E-state index is 0.180. The molecule has 1 aromatic rings. The van der Waals surface area contributed by atoms with Crippen molar-refractivity contribution >= 4 is 21.6 Å². The molecule has 3 rings (SSSR count). The predicted octanol–water partition coefficient (Wildman–Crippen LogP) is 3.90. The van der Waals surface area contributed by atoms with Crippen molar-refractivity contribution in [1.29, 1.82) is 0 Å². The van der Waals surface area contributed by atoms with E-state index in [1.807, 2.05) is 18.2 Å². The molecule has 0 amide bonds. The molecule has 1 spiro atoms. The van der Waals surface area contributed by atoms with Gasteiger partial charge in [0.25, 0.3) is 0 Å². The van der Waals surface area contributed by atoms with Crippen LogP contribution in [0.25, 0.3) is 0 Å². The van der Waals surface area contributed by atoms with E-state index >= 15 is 0 Å². The fraction of sp³-hybridized carbons (Fsp3) is 0.600. The topological polar surface area (TPSA) is 44.5 Å². The standard InChI is InChI=1S/C15H20BrNO2/c16-11-3-4-14(13(17)9-11)18-10-12-5-8-15(19-12)6-1-2-7-15/h3-4,9,12H,1-2,5-8,10,17H2. The fourth-order valence-electron chi connectivity index (χ4n) is 3.23. The summed E-state index contributed by atoms with van der Waals surface area (Å²) in [5.74, 6) is 0.749. The molecule has 1 unspecified atom stereocenters. The molecule has 1 saturated carbocycles. The number of hydrogen-bond acceptors (Lipinski definition) is 3. The lowest BCUT2D eigenvalue weighted by Gasteiger charge is -2.23. The predicted molar refractivity (Wildman–Crippen MR) is 79.4 cm³/mol. The molecule has 3 nitrogen and oxygen atoms in total. The molecule has 2 N–H and O–H groups in total. The highest BCUT2D eigenvalue weighted by Gasteiger charge is 2.42. The average molecular weight is 326 g/mol. The zero-order valence-corrected chi connectivity index (χ0v) is 12.6. The van der Waals surface area contributed by atoms with Gasteiger partial charge in [0.2, 0.25) is 0 Å². The number of anilines is 1. The van der Waals surface area contributed by atoms with E-state index in [0.717, 1.165) is 16.6 Å². The molecule has 0 aromatic heterocycles. The third-order valence-corrected chi connectivity index (χ3v) is 4.74. The summed E-state index contributed by atoms with van der Waals surface area (Å²) in [7, 11) is 0. The minimum Gasteiger partial charge on any atom is -0.489 e. The summed E-state index contributed by atoms with van der Waals surface area (Å²) >= 11 is 3.39. The van der Waals surface area contributed by atoms with Gasteiger partial charge in [-0.25, -0.2) is 0 Å². The summed E-state index contributed by atoms with van der Waals surface area (Å²) in [5, 5.41) is 0. The zero-order valence-electron chi connectivity index (χ0n) is 11.0. The van der Waals surface area contributed by atoms with Gasteiger partial charge >= 0.3 is 0 Å². The van der Waals surface area contributed by atoms with E-state index in [0.29, 0.717) is 12.3 Å². The van der Waals surface area contributed by atoms with Crippen LogP contribution in [0, 0.1) is 0 Å². The lowest BCUT2D eigenvalue weighted by Crippen LogP contribution is -2.27. The zero-order chi connectivity index (χ0) is 13.3. The van der Waals surface area contributed by atoms with Gasteiger partial charge < -0.3 is 15.2 Å². The van der Waals surface area contributed by atoms with Crippen molar-refractivity contribution in [2.24, 2.45) is 0 Å². The largest absolute Gasteiger partial charge is 0.489 e. The molecular formula is C15H20BrNO2. The van der Waals surface area contributed by atoms with Crippen molar-refractivity contribution in [2.45, 2.75) is 50.2 Å². The van der Waals surface area contributed by atoms with Gasteiger partial charge in [-0.05, 0) is 43.9 Å². The van der Waals surface area contributed by atoms with Crippen molar-refractivity contribution < 1.29 is 9.47 Å². The normalized spacial score (nSPS) is 25.0. The van der Waals surface area contributed by atoms with E-state index in [4.69, 9.17) is 15.2 Å².